The number of fused-ring (bicyclic) bond motifs is 6. The maximum Gasteiger partial charge on any atom is 0.352 e. The number of phenolic OH excluding ortho intramolecular Hbond substituents is 2. The summed E-state index contributed by atoms with van der Waals surface area (Å²) in [6, 6.07) is 19.9. The Balaban J connectivity index is 0.778. The first kappa shape index (κ1) is 40.1. The van der Waals surface area contributed by atoms with Gasteiger partial charge in [-0.05, 0) is 128 Å². The van der Waals surface area contributed by atoms with E-state index in [2.05, 4.69) is 27.0 Å². The quantitative estimate of drug-likeness (QED) is 0.121. The van der Waals surface area contributed by atoms with E-state index in [1.807, 2.05) is 49.9 Å². The lowest BCUT2D eigenvalue weighted by Gasteiger charge is -2.32. The van der Waals surface area contributed by atoms with Crippen molar-refractivity contribution >= 4 is 33.7 Å². The maximum absolute atomic E-state index is 13.9. The molecule has 0 bridgehead atoms. The highest BCUT2D eigenvalue weighted by Gasteiger charge is 2.38. The van der Waals surface area contributed by atoms with Crippen molar-refractivity contribution in [1.29, 1.82) is 0 Å². The van der Waals surface area contributed by atoms with Crippen LogP contribution in [0, 0.1) is 5.92 Å². The Bertz CT molecular complexity index is 3050. The van der Waals surface area contributed by atoms with Crippen LogP contribution in [0.25, 0.3) is 50.3 Å². The number of carbonyl (C=O) groups excluding carboxylic acids is 2. The van der Waals surface area contributed by atoms with E-state index >= 15 is 0 Å². The molecule has 1 fully saturated rings. The molecule has 0 amide bonds. The first-order valence-electron chi connectivity index (χ1n) is 21.5. The van der Waals surface area contributed by atoms with E-state index in [9.17, 15) is 29.7 Å². The number of cyclic esters (lactones) is 1. The third kappa shape index (κ3) is 7.05. The van der Waals surface area contributed by atoms with Crippen molar-refractivity contribution in [3.8, 4) is 46.0 Å². The summed E-state index contributed by atoms with van der Waals surface area (Å²) >= 11 is 0. The number of pyridine rings is 2. The number of piperidine rings is 1. The molecule has 1 saturated heterocycles. The highest BCUT2D eigenvalue weighted by molar-refractivity contribution is 5.90. The molecule has 0 radical (unpaired) electrons. The zero-order valence-electron chi connectivity index (χ0n) is 35.2. The number of hydrogen-bond acceptors (Lipinski definition) is 12. The topological polar surface area (TPSA) is 187 Å². The molecule has 0 spiro atoms. The Hall–Kier alpha value is -7.00. The van der Waals surface area contributed by atoms with Gasteiger partial charge >= 0.3 is 17.9 Å². The number of aromatic hydroxyl groups is 3. The van der Waals surface area contributed by atoms with Crippen molar-refractivity contribution < 1.29 is 34.4 Å². The minimum absolute atomic E-state index is 0.0126. The van der Waals surface area contributed by atoms with Crippen LogP contribution in [0.3, 0.4) is 0 Å². The lowest BCUT2D eigenvalue weighted by molar-refractivity contribution is -0.172. The number of aromatic nitrogens is 6. The second kappa shape index (κ2) is 15.7. The second-order valence-electron chi connectivity index (χ2n) is 17.2. The van der Waals surface area contributed by atoms with Crippen LogP contribution in [0.15, 0.2) is 77.7 Å². The highest BCUT2D eigenvalue weighted by atomic mass is 16.6. The van der Waals surface area contributed by atoms with Crippen molar-refractivity contribution in [2.45, 2.75) is 78.2 Å². The molecule has 3 aromatic carbocycles. The van der Waals surface area contributed by atoms with E-state index < -0.39 is 18.0 Å². The van der Waals surface area contributed by atoms with Gasteiger partial charge in [-0.3, -0.25) is 14.5 Å². The average Bonchev–Trinajstić information content (AvgIpc) is 3.98. The first-order chi connectivity index (χ1) is 30.4. The molecular weight excluding hydrogens is 803 g/mol. The monoisotopic (exact) mass is 849 g/mol. The van der Waals surface area contributed by atoms with Crippen LogP contribution in [0.4, 0.5) is 0 Å². The molecule has 3 aliphatic heterocycles. The standard InChI is InChI=1S/C48H47N7O8/c1-4-32-34-21-31(56)7-8-38(34)49-43-36(32)23-54-40(43)22-35-37(46(54)59)25-62-47(60)44(35)63-42(58)24-52-15-11-27(12-16-52)13-17-53-18-14-28-19-30(6-9-39(28)53)55-45(50-51-48(55)61)29-5-10-41(57)33(20-29)26(2)3/h5-10,14,18-22,26-27,44,56-57H,4,11-13,15-17,23-25H2,1-3H3,(H,51,61)/t44-/m0/s1. The number of esters is 2. The van der Waals surface area contributed by atoms with Gasteiger partial charge in [0.05, 0.1) is 41.2 Å². The third-order valence-electron chi connectivity index (χ3n) is 13.0. The molecule has 7 aromatic rings. The minimum Gasteiger partial charge on any atom is -0.508 e. The second-order valence-corrected chi connectivity index (χ2v) is 17.2. The largest absolute Gasteiger partial charge is 0.508 e. The van der Waals surface area contributed by atoms with Crippen LogP contribution in [0.2, 0.25) is 0 Å². The fourth-order valence-corrected chi connectivity index (χ4v) is 9.68. The Morgan fingerprint density at radius 3 is 2.57 bits per heavy atom. The molecule has 63 heavy (non-hydrogen) atoms. The number of phenols is 2. The predicted octanol–water partition coefficient (Wildman–Crippen LogP) is 6.87. The van der Waals surface area contributed by atoms with Crippen LogP contribution in [0.5, 0.6) is 17.5 Å². The first-order valence-corrected chi connectivity index (χ1v) is 21.5. The minimum atomic E-state index is -1.36. The molecule has 0 aliphatic carbocycles. The normalized spacial score (nSPS) is 16.4. The molecule has 0 saturated carbocycles. The van der Waals surface area contributed by atoms with E-state index in [1.54, 1.807) is 45.5 Å². The number of likely N-dealkylation sites (tertiary alicyclic amines) is 1. The summed E-state index contributed by atoms with van der Waals surface area (Å²) in [5.74, 6) is 0.112. The zero-order chi connectivity index (χ0) is 43.7. The van der Waals surface area contributed by atoms with Crippen molar-refractivity contribution in [1.82, 2.24) is 33.8 Å². The molecule has 1 atom stereocenters. The fourth-order valence-electron chi connectivity index (χ4n) is 9.68. The summed E-state index contributed by atoms with van der Waals surface area (Å²) in [5.41, 5.74) is 7.39. The molecule has 7 heterocycles. The van der Waals surface area contributed by atoms with Gasteiger partial charge < -0.3 is 33.9 Å². The van der Waals surface area contributed by atoms with Crippen LogP contribution in [0.1, 0.15) is 79.9 Å². The van der Waals surface area contributed by atoms with Gasteiger partial charge in [0.25, 0.3) is 5.56 Å². The van der Waals surface area contributed by atoms with E-state index in [4.69, 9.17) is 14.5 Å². The number of hydrogen-bond donors (Lipinski definition) is 3. The Labute approximate surface area is 361 Å². The molecule has 10 rings (SSSR count). The van der Waals surface area contributed by atoms with Crippen LogP contribution >= 0.6 is 0 Å². The number of ether oxygens (including phenoxy) is 2. The van der Waals surface area contributed by atoms with E-state index in [0.717, 1.165) is 70.0 Å². The summed E-state index contributed by atoms with van der Waals surface area (Å²) in [6.45, 7) is 8.37. The molecule has 3 N–H and O–H groups in total. The molecule has 3 aliphatic rings. The molecule has 0 unspecified atom stereocenters. The van der Waals surface area contributed by atoms with Crippen LogP contribution < -0.4 is 5.56 Å². The van der Waals surface area contributed by atoms with Crippen molar-refractivity contribution in [2.24, 2.45) is 5.92 Å². The zero-order valence-corrected chi connectivity index (χ0v) is 35.2. The fraction of sp³-hybridized carbons (Fsp3) is 0.333. The van der Waals surface area contributed by atoms with Gasteiger partial charge in [-0.2, -0.15) is 0 Å². The van der Waals surface area contributed by atoms with Gasteiger partial charge in [-0.15, -0.1) is 5.10 Å². The Morgan fingerprint density at radius 2 is 1.78 bits per heavy atom. The molecule has 15 nitrogen and oxygen atoms in total. The van der Waals surface area contributed by atoms with Crippen molar-refractivity contribution in [3.63, 3.8) is 0 Å². The number of aryl methyl sites for hydroxylation is 2. The molecule has 15 heteroatoms. The number of carbonyl (C=O) groups is 2. The summed E-state index contributed by atoms with van der Waals surface area (Å²) in [4.78, 5) is 47.4. The number of rotatable bonds is 10. The summed E-state index contributed by atoms with van der Waals surface area (Å²) < 4.78 is 16.7. The number of nitrogens with zero attached hydrogens (tertiary/aromatic N) is 7. The van der Waals surface area contributed by atoms with Crippen LogP contribution in [-0.4, -0.2) is 80.7 Å². The van der Waals surface area contributed by atoms with Gasteiger partial charge in [-0.1, -0.05) is 25.9 Å². The van der Waals surface area contributed by atoms with Crippen molar-refractivity contribution in [2.75, 3.05) is 19.6 Å². The summed E-state index contributed by atoms with van der Waals surface area (Å²) in [7, 11) is 0. The SMILES string of the molecule is CCc1c2c(nc3ccc(O)cc13)-c1cc3c(c(=O)n1C2)COC(=O)[C@H]3OC(=O)CN1CCC(CCn2ccc3cc(-n4c(O)nnc4-c4ccc(O)c(C(C)C)c4)ccc32)CC1. The van der Waals surface area contributed by atoms with Gasteiger partial charge in [0.2, 0.25) is 6.10 Å². The molecule has 4 aromatic heterocycles. The van der Waals surface area contributed by atoms with E-state index in [0.29, 0.717) is 60.3 Å². The van der Waals surface area contributed by atoms with E-state index in [-0.39, 0.29) is 47.7 Å². The number of benzene rings is 3. The average molecular weight is 850 g/mol. The molecule has 322 valence electrons. The van der Waals surface area contributed by atoms with Crippen molar-refractivity contribution in [3.05, 3.63) is 111 Å². The summed E-state index contributed by atoms with van der Waals surface area (Å²) in [6.07, 6.45) is 4.14. The Kier molecular flexibility index (Phi) is 10.0. The van der Waals surface area contributed by atoms with E-state index in [1.165, 1.54) is 0 Å². The van der Waals surface area contributed by atoms with Gasteiger partial charge in [0.1, 0.15) is 18.1 Å². The smallest absolute Gasteiger partial charge is 0.352 e. The van der Waals surface area contributed by atoms with Crippen LogP contribution in [-0.2, 0) is 45.2 Å². The van der Waals surface area contributed by atoms with Gasteiger partial charge in [-0.25, -0.2) is 14.3 Å². The lowest BCUT2D eigenvalue weighted by Crippen LogP contribution is -2.40. The lowest BCUT2D eigenvalue weighted by atomic mass is 9.93. The Morgan fingerprint density at radius 1 is 0.952 bits per heavy atom. The predicted molar refractivity (Wildman–Crippen MR) is 234 cm³/mol. The van der Waals surface area contributed by atoms with Gasteiger partial charge in [0.15, 0.2) is 5.82 Å². The summed E-state index contributed by atoms with van der Waals surface area (Å²) in [5, 5.41) is 41.3. The maximum atomic E-state index is 13.9. The molecular formula is C48H47N7O8. The highest BCUT2D eigenvalue weighted by Crippen LogP contribution is 2.40. The van der Waals surface area contributed by atoms with Gasteiger partial charge in [0, 0.05) is 45.7 Å². The third-order valence-corrected chi connectivity index (χ3v) is 13.0.